The van der Waals surface area contributed by atoms with Crippen molar-refractivity contribution in [1.29, 1.82) is 0 Å². The lowest BCUT2D eigenvalue weighted by atomic mass is 10.3. The topological polar surface area (TPSA) is 139 Å². The molecule has 2 aromatic rings. The molecular formula is C12H14N6O4S. The second kappa shape index (κ2) is 6.44. The zero-order chi connectivity index (χ0) is 17.0. The number of nitro groups is 1. The molecule has 0 radical (unpaired) electrons. The van der Waals surface area contributed by atoms with E-state index < -0.39 is 14.9 Å². The quantitative estimate of drug-likeness (QED) is 0.532. The zero-order valence-electron chi connectivity index (χ0n) is 12.3. The summed E-state index contributed by atoms with van der Waals surface area (Å²) in [5.74, 6) is 0.256. The molecule has 0 aliphatic heterocycles. The fourth-order valence-corrected chi connectivity index (χ4v) is 2.28. The second-order valence-electron chi connectivity index (χ2n) is 4.51. The van der Waals surface area contributed by atoms with Crippen molar-refractivity contribution in [2.24, 2.45) is 0 Å². The van der Waals surface area contributed by atoms with Crippen LogP contribution in [0, 0.1) is 10.1 Å². The van der Waals surface area contributed by atoms with Gasteiger partial charge in [0.05, 0.1) is 11.2 Å². The Morgan fingerprint density at radius 2 is 1.78 bits per heavy atom. The number of nitrogens with zero attached hydrogens (tertiary/aromatic N) is 3. The summed E-state index contributed by atoms with van der Waals surface area (Å²) >= 11 is 0. The molecule has 2 rings (SSSR count). The number of anilines is 4. The molecule has 1 aromatic heterocycles. The van der Waals surface area contributed by atoms with Crippen LogP contribution in [-0.4, -0.2) is 36.6 Å². The van der Waals surface area contributed by atoms with E-state index in [9.17, 15) is 18.5 Å². The Labute approximate surface area is 132 Å². The Bertz CT molecular complexity index is 822. The van der Waals surface area contributed by atoms with Crippen LogP contribution in [0.2, 0.25) is 0 Å². The maximum Gasteiger partial charge on any atom is 0.329 e. The van der Waals surface area contributed by atoms with E-state index in [1.165, 1.54) is 7.05 Å². The van der Waals surface area contributed by atoms with Crippen molar-refractivity contribution in [2.45, 2.75) is 0 Å². The standard InChI is InChI=1S/C12H14N6O4S/c1-13-11-10(18(19)20)7-14-12(16-11)15-8-3-5-9(6-4-8)17-23(2,21)22/h3-7,17H,1-2H3,(H2,13,14,15,16). The van der Waals surface area contributed by atoms with Crippen molar-refractivity contribution in [1.82, 2.24) is 9.97 Å². The number of rotatable bonds is 6. The first kappa shape index (κ1) is 16.4. The van der Waals surface area contributed by atoms with E-state index in [0.29, 0.717) is 11.4 Å². The van der Waals surface area contributed by atoms with Crippen molar-refractivity contribution in [3.8, 4) is 0 Å². The lowest BCUT2D eigenvalue weighted by molar-refractivity contribution is -0.384. The molecule has 0 amide bonds. The van der Waals surface area contributed by atoms with Gasteiger partial charge in [-0.15, -0.1) is 0 Å². The lowest BCUT2D eigenvalue weighted by Gasteiger charge is -2.08. The van der Waals surface area contributed by atoms with Gasteiger partial charge in [-0.25, -0.2) is 13.4 Å². The molecule has 0 saturated carbocycles. The average Bonchev–Trinajstić information content (AvgIpc) is 2.47. The van der Waals surface area contributed by atoms with Gasteiger partial charge < -0.3 is 10.6 Å². The number of hydrogen-bond acceptors (Lipinski definition) is 8. The van der Waals surface area contributed by atoms with Gasteiger partial charge in [-0.3, -0.25) is 14.8 Å². The zero-order valence-corrected chi connectivity index (χ0v) is 13.1. The first-order valence-electron chi connectivity index (χ1n) is 6.32. The van der Waals surface area contributed by atoms with Gasteiger partial charge in [0, 0.05) is 18.4 Å². The van der Waals surface area contributed by atoms with Gasteiger partial charge in [0.15, 0.2) is 0 Å². The molecule has 0 saturated heterocycles. The highest BCUT2D eigenvalue weighted by atomic mass is 32.2. The van der Waals surface area contributed by atoms with Crippen LogP contribution in [0.1, 0.15) is 0 Å². The van der Waals surface area contributed by atoms with E-state index in [2.05, 4.69) is 25.3 Å². The third-order valence-electron chi connectivity index (χ3n) is 2.65. The normalized spacial score (nSPS) is 10.9. The Hall–Kier alpha value is -2.95. The summed E-state index contributed by atoms with van der Waals surface area (Å²) in [6.45, 7) is 0. The van der Waals surface area contributed by atoms with Crippen LogP contribution in [0.5, 0.6) is 0 Å². The third-order valence-corrected chi connectivity index (χ3v) is 3.25. The van der Waals surface area contributed by atoms with Crippen LogP contribution >= 0.6 is 0 Å². The van der Waals surface area contributed by atoms with Crippen LogP contribution in [0.3, 0.4) is 0 Å². The second-order valence-corrected chi connectivity index (χ2v) is 6.26. The first-order valence-corrected chi connectivity index (χ1v) is 8.21. The molecule has 1 aromatic carbocycles. The fraction of sp³-hybridized carbons (Fsp3) is 0.167. The van der Waals surface area contributed by atoms with Crippen LogP contribution in [0.4, 0.5) is 28.8 Å². The molecule has 0 unspecified atom stereocenters. The molecule has 0 bridgehead atoms. The van der Waals surface area contributed by atoms with Gasteiger partial charge in [0.2, 0.25) is 21.8 Å². The number of nitrogens with one attached hydrogen (secondary N) is 3. The van der Waals surface area contributed by atoms with Crippen LogP contribution in [0.15, 0.2) is 30.5 Å². The third kappa shape index (κ3) is 4.51. The summed E-state index contributed by atoms with van der Waals surface area (Å²) in [4.78, 5) is 18.1. The molecule has 122 valence electrons. The molecular weight excluding hydrogens is 324 g/mol. The SMILES string of the molecule is CNc1nc(Nc2ccc(NS(C)(=O)=O)cc2)ncc1[N+](=O)[O-]. The number of aromatic nitrogens is 2. The highest BCUT2D eigenvalue weighted by Crippen LogP contribution is 2.23. The van der Waals surface area contributed by atoms with Gasteiger partial charge in [-0.05, 0) is 24.3 Å². The van der Waals surface area contributed by atoms with E-state index in [0.717, 1.165) is 12.5 Å². The minimum Gasteiger partial charge on any atom is -0.367 e. The summed E-state index contributed by atoms with van der Waals surface area (Å²) < 4.78 is 24.6. The van der Waals surface area contributed by atoms with Gasteiger partial charge in [0.25, 0.3) is 0 Å². The predicted octanol–water partition coefficient (Wildman–Crippen LogP) is 1.54. The molecule has 0 aliphatic rings. The highest BCUT2D eigenvalue weighted by molar-refractivity contribution is 7.92. The maximum atomic E-state index is 11.1. The molecule has 1 heterocycles. The monoisotopic (exact) mass is 338 g/mol. The summed E-state index contributed by atoms with van der Waals surface area (Å²) in [5.41, 5.74) is 0.782. The van der Waals surface area contributed by atoms with Crippen molar-refractivity contribution in [2.75, 3.05) is 28.7 Å². The number of benzene rings is 1. The summed E-state index contributed by atoms with van der Waals surface area (Å²) in [6.07, 6.45) is 2.16. The smallest absolute Gasteiger partial charge is 0.329 e. The van der Waals surface area contributed by atoms with E-state index in [-0.39, 0.29) is 17.5 Å². The molecule has 3 N–H and O–H groups in total. The fourth-order valence-electron chi connectivity index (χ4n) is 1.72. The van der Waals surface area contributed by atoms with E-state index in [1.807, 2.05) is 0 Å². The van der Waals surface area contributed by atoms with Gasteiger partial charge in [-0.2, -0.15) is 4.98 Å². The molecule has 10 nitrogen and oxygen atoms in total. The minimum absolute atomic E-state index is 0.0860. The predicted molar refractivity (Wildman–Crippen MR) is 86.4 cm³/mol. The molecule has 0 fully saturated rings. The van der Waals surface area contributed by atoms with E-state index >= 15 is 0 Å². The molecule has 0 spiro atoms. The lowest BCUT2D eigenvalue weighted by Crippen LogP contribution is -2.09. The number of sulfonamides is 1. The maximum absolute atomic E-state index is 11.1. The van der Waals surface area contributed by atoms with Crippen molar-refractivity contribution in [3.05, 3.63) is 40.6 Å². The molecule has 11 heteroatoms. The Balaban J connectivity index is 2.17. The van der Waals surface area contributed by atoms with Gasteiger partial charge >= 0.3 is 5.69 Å². The minimum atomic E-state index is -3.34. The first-order chi connectivity index (χ1) is 10.8. The summed E-state index contributed by atoms with van der Waals surface area (Å²) in [7, 11) is -1.82. The molecule has 0 atom stereocenters. The molecule has 0 aliphatic carbocycles. The van der Waals surface area contributed by atoms with Gasteiger partial charge in [-0.1, -0.05) is 0 Å². The van der Waals surface area contributed by atoms with Crippen LogP contribution in [0.25, 0.3) is 0 Å². The number of hydrogen-bond donors (Lipinski definition) is 3. The van der Waals surface area contributed by atoms with Crippen LogP contribution < -0.4 is 15.4 Å². The Kier molecular flexibility index (Phi) is 4.60. The van der Waals surface area contributed by atoms with Crippen molar-refractivity contribution in [3.63, 3.8) is 0 Å². The summed E-state index contributed by atoms with van der Waals surface area (Å²) in [6, 6.07) is 6.37. The van der Waals surface area contributed by atoms with Gasteiger partial charge in [0.1, 0.15) is 6.20 Å². The Morgan fingerprint density at radius 3 is 2.30 bits per heavy atom. The average molecular weight is 338 g/mol. The van der Waals surface area contributed by atoms with E-state index in [1.54, 1.807) is 24.3 Å². The highest BCUT2D eigenvalue weighted by Gasteiger charge is 2.15. The van der Waals surface area contributed by atoms with Crippen molar-refractivity contribution >= 4 is 38.9 Å². The molecule has 23 heavy (non-hydrogen) atoms. The Morgan fingerprint density at radius 1 is 1.17 bits per heavy atom. The van der Waals surface area contributed by atoms with Crippen molar-refractivity contribution < 1.29 is 13.3 Å². The largest absolute Gasteiger partial charge is 0.367 e. The summed E-state index contributed by atoms with van der Waals surface area (Å²) in [5, 5.41) is 16.3. The van der Waals surface area contributed by atoms with E-state index in [4.69, 9.17) is 0 Å². The van der Waals surface area contributed by atoms with Crippen LogP contribution in [-0.2, 0) is 10.0 Å².